The number of hydrogen-bond acceptors (Lipinski definition) is 5. The SMILES string of the molecule is C=CC1C(C)CCC(CCC)N1C(=O)CNc1ccc(-c2cnc(C)nc2)cc1C(=N)C(=C)C. The van der Waals surface area contributed by atoms with Crippen molar-refractivity contribution in [2.45, 2.75) is 65.5 Å². The highest BCUT2D eigenvalue weighted by Crippen LogP contribution is 2.31. The van der Waals surface area contributed by atoms with E-state index < -0.39 is 0 Å². The van der Waals surface area contributed by atoms with Gasteiger partial charge in [-0.05, 0) is 62.3 Å². The Hall–Kier alpha value is -3.28. The van der Waals surface area contributed by atoms with Gasteiger partial charge in [0.2, 0.25) is 5.91 Å². The molecule has 1 aromatic heterocycles. The summed E-state index contributed by atoms with van der Waals surface area (Å²) in [7, 11) is 0. The summed E-state index contributed by atoms with van der Waals surface area (Å²) in [6.07, 6.45) is 9.68. The van der Waals surface area contributed by atoms with Crippen LogP contribution in [-0.2, 0) is 4.79 Å². The van der Waals surface area contributed by atoms with E-state index in [9.17, 15) is 4.79 Å². The van der Waals surface area contributed by atoms with E-state index in [1.807, 2.05) is 43.0 Å². The molecule has 0 bridgehead atoms. The van der Waals surface area contributed by atoms with Gasteiger partial charge in [-0.25, -0.2) is 9.97 Å². The molecule has 1 amide bonds. The second-order valence-corrected chi connectivity index (χ2v) is 9.31. The van der Waals surface area contributed by atoms with E-state index in [4.69, 9.17) is 5.41 Å². The van der Waals surface area contributed by atoms with Gasteiger partial charge >= 0.3 is 0 Å². The highest BCUT2D eigenvalue weighted by atomic mass is 16.2. The van der Waals surface area contributed by atoms with Gasteiger partial charge in [-0.15, -0.1) is 6.58 Å². The molecular weight excluding hydrogens is 422 g/mol. The third-order valence-corrected chi connectivity index (χ3v) is 6.66. The van der Waals surface area contributed by atoms with E-state index >= 15 is 0 Å². The molecule has 3 atom stereocenters. The number of anilines is 1. The number of rotatable bonds is 9. The zero-order chi connectivity index (χ0) is 24.8. The van der Waals surface area contributed by atoms with Crippen molar-refractivity contribution in [3.63, 3.8) is 0 Å². The summed E-state index contributed by atoms with van der Waals surface area (Å²) in [5.41, 5.74) is 4.23. The molecule has 0 saturated carbocycles. The van der Waals surface area contributed by atoms with Gasteiger partial charge in [0.1, 0.15) is 5.82 Å². The summed E-state index contributed by atoms with van der Waals surface area (Å²) >= 11 is 0. The van der Waals surface area contributed by atoms with Crippen molar-refractivity contribution >= 4 is 17.3 Å². The summed E-state index contributed by atoms with van der Waals surface area (Å²) in [4.78, 5) is 24.0. The molecule has 0 radical (unpaired) electrons. The predicted molar refractivity (Wildman–Crippen MR) is 140 cm³/mol. The van der Waals surface area contributed by atoms with E-state index in [2.05, 4.69) is 42.3 Å². The number of carbonyl (C=O) groups excluding carboxylic acids is 1. The van der Waals surface area contributed by atoms with E-state index in [0.717, 1.165) is 42.5 Å². The number of allylic oxidation sites excluding steroid dienone is 1. The lowest BCUT2D eigenvalue weighted by atomic mass is 9.85. The Bertz CT molecular complexity index is 1060. The largest absolute Gasteiger partial charge is 0.376 e. The molecule has 180 valence electrons. The third-order valence-electron chi connectivity index (χ3n) is 6.66. The highest BCUT2D eigenvalue weighted by Gasteiger charge is 2.35. The number of aryl methyl sites for hydroxylation is 1. The average Bonchev–Trinajstić information content (AvgIpc) is 2.83. The van der Waals surface area contributed by atoms with Crippen LogP contribution in [0, 0.1) is 18.3 Å². The molecule has 34 heavy (non-hydrogen) atoms. The van der Waals surface area contributed by atoms with Gasteiger partial charge in [-0.3, -0.25) is 10.2 Å². The fraction of sp³-hybridized carbons (Fsp3) is 0.429. The van der Waals surface area contributed by atoms with Crippen molar-refractivity contribution in [3.8, 4) is 11.1 Å². The number of likely N-dealkylation sites (tertiary alicyclic amines) is 1. The van der Waals surface area contributed by atoms with Gasteiger partial charge in [-0.1, -0.05) is 39.0 Å². The van der Waals surface area contributed by atoms with Crippen LogP contribution >= 0.6 is 0 Å². The maximum absolute atomic E-state index is 13.4. The van der Waals surface area contributed by atoms with E-state index in [1.165, 1.54) is 0 Å². The topological polar surface area (TPSA) is 82.0 Å². The van der Waals surface area contributed by atoms with Crippen LogP contribution in [0.4, 0.5) is 5.69 Å². The molecule has 3 rings (SSSR count). The number of nitrogens with one attached hydrogen (secondary N) is 2. The van der Waals surface area contributed by atoms with Crippen LogP contribution in [0.2, 0.25) is 0 Å². The summed E-state index contributed by atoms with van der Waals surface area (Å²) in [6.45, 7) is 16.2. The first kappa shape index (κ1) is 25.3. The molecule has 0 aliphatic carbocycles. The Morgan fingerprint density at radius 2 is 1.97 bits per heavy atom. The minimum Gasteiger partial charge on any atom is -0.376 e. The van der Waals surface area contributed by atoms with Crippen LogP contribution in [0.25, 0.3) is 11.1 Å². The number of hydrogen-bond donors (Lipinski definition) is 2. The normalized spacial score (nSPS) is 20.0. The first-order valence-corrected chi connectivity index (χ1v) is 12.1. The Morgan fingerprint density at radius 3 is 2.59 bits per heavy atom. The molecule has 0 spiro atoms. The Balaban J connectivity index is 1.86. The molecule has 1 aliphatic heterocycles. The van der Waals surface area contributed by atoms with Gasteiger partial charge in [0, 0.05) is 35.2 Å². The van der Waals surface area contributed by atoms with Crippen molar-refractivity contribution in [1.29, 1.82) is 5.41 Å². The number of nitrogens with zero attached hydrogens (tertiary/aromatic N) is 3. The van der Waals surface area contributed by atoms with Crippen LogP contribution in [0.15, 0.2) is 55.4 Å². The number of carbonyl (C=O) groups is 1. The standard InChI is InChI=1S/C28H37N5O/c1-7-9-23-12-10-19(5)26(8-2)33(23)27(34)17-32-25-13-11-21(14-24(25)28(29)18(3)4)22-15-30-20(6)31-16-22/h8,11,13-16,19,23,26,29,32H,2-3,7,9-10,12,17H2,1,4-6H3. The Kier molecular flexibility index (Phi) is 8.37. The number of benzene rings is 1. The van der Waals surface area contributed by atoms with Crippen molar-refractivity contribution in [2.75, 3.05) is 11.9 Å². The van der Waals surface area contributed by atoms with E-state index in [1.54, 1.807) is 12.4 Å². The molecule has 6 nitrogen and oxygen atoms in total. The molecule has 1 saturated heterocycles. The lowest BCUT2D eigenvalue weighted by molar-refractivity contribution is -0.136. The zero-order valence-electron chi connectivity index (χ0n) is 20.9. The predicted octanol–water partition coefficient (Wildman–Crippen LogP) is 5.79. The minimum atomic E-state index is 0.0525. The molecule has 2 N–H and O–H groups in total. The monoisotopic (exact) mass is 459 g/mol. The minimum absolute atomic E-state index is 0.0525. The average molecular weight is 460 g/mol. The van der Waals surface area contributed by atoms with Crippen LogP contribution in [0.5, 0.6) is 0 Å². The molecular formula is C28H37N5O. The van der Waals surface area contributed by atoms with Crippen molar-refractivity contribution in [3.05, 3.63) is 66.8 Å². The van der Waals surface area contributed by atoms with E-state index in [0.29, 0.717) is 28.6 Å². The Morgan fingerprint density at radius 1 is 1.26 bits per heavy atom. The van der Waals surface area contributed by atoms with Gasteiger partial charge in [0.25, 0.3) is 0 Å². The van der Waals surface area contributed by atoms with E-state index in [-0.39, 0.29) is 24.5 Å². The van der Waals surface area contributed by atoms with Crippen LogP contribution < -0.4 is 5.32 Å². The lowest BCUT2D eigenvalue weighted by Gasteiger charge is -2.44. The fourth-order valence-electron chi connectivity index (χ4n) is 4.73. The quantitative estimate of drug-likeness (QED) is 0.367. The molecule has 1 fully saturated rings. The van der Waals surface area contributed by atoms with Crippen LogP contribution in [0.1, 0.15) is 57.8 Å². The van der Waals surface area contributed by atoms with Crippen LogP contribution in [0.3, 0.4) is 0 Å². The van der Waals surface area contributed by atoms with Gasteiger partial charge in [-0.2, -0.15) is 0 Å². The third kappa shape index (κ3) is 5.61. The smallest absolute Gasteiger partial charge is 0.242 e. The maximum Gasteiger partial charge on any atom is 0.242 e. The number of aromatic nitrogens is 2. The summed E-state index contributed by atoms with van der Waals surface area (Å²) < 4.78 is 0. The second kappa shape index (κ2) is 11.2. The number of piperidine rings is 1. The summed E-state index contributed by atoms with van der Waals surface area (Å²) in [5.74, 6) is 1.18. The van der Waals surface area contributed by atoms with Crippen LogP contribution in [-0.4, -0.2) is 45.1 Å². The number of amides is 1. The second-order valence-electron chi connectivity index (χ2n) is 9.31. The summed E-state index contributed by atoms with van der Waals surface area (Å²) in [5, 5.41) is 11.9. The summed E-state index contributed by atoms with van der Waals surface area (Å²) in [6, 6.07) is 6.12. The van der Waals surface area contributed by atoms with Gasteiger partial charge in [0.15, 0.2) is 0 Å². The van der Waals surface area contributed by atoms with Gasteiger partial charge < -0.3 is 10.2 Å². The van der Waals surface area contributed by atoms with Gasteiger partial charge in [0.05, 0.1) is 18.3 Å². The van der Waals surface area contributed by atoms with Crippen molar-refractivity contribution < 1.29 is 4.79 Å². The molecule has 1 aromatic carbocycles. The van der Waals surface area contributed by atoms with Crippen molar-refractivity contribution in [2.24, 2.45) is 5.92 Å². The molecule has 2 heterocycles. The van der Waals surface area contributed by atoms with Crippen molar-refractivity contribution in [1.82, 2.24) is 14.9 Å². The Labute approximate surface area is 203 Å². The maximum atomic E-state index is 13.4. The first-order chi connectivity index (χ1) is 16.3. The first-order valence-electron chi connectivity index (χ1n) is 12.1. The molecule has 1 aliphatic rings. The molecule has 3 unspecified atom stereocenters. The molecule has 2 aromatic rings. The zero-order valence-corrected chi connectivity index (χ0v) is 20.9. The highest BCUT2D eigenvalue weighted by molar-refractivity contribution is 6.13. The lowest BCUT2D eigenvalue weighted by Crippen LogP contribution is -2.54. The fourth-order valence-corrected chi connectivity index (χ4v) is 4.73. The molecule has 6 heteroatoms.